The summed E-state index contributed by atoms with van der Waals surface area (Å²) in [5.41, 5.74) is 4.59. The van der Waals surface area contributed by atoms with Crippen LogP contribution in [0.4, 0.5) is 0 Å². The van der Waals surface area contributed by atoms with E-state index in [-0.39, 0.29) is 28.1 Å². The van der Waals surface area contributed by atoms with E-state index in [1.165, 1.54) is 4.68 Å². The van der Waals surface area contributed by atoms with Crippen LogP contribution in [0.1, 0.15) is 50.1 Å². The number of carbonyl (C=O) groups is 3. The molecule has 4 rings (SSSR count). The monoisotopic (exact) mass is 429 g/mol. The summed E-state index contributed by atoms with van der Waals surface area (Å²) in [6, 6.07) is 5.85. The number of nitrogens with zero attached hydrogens (tertiary/aromatic N) is 3. The molecule has 3 heterocycles. The first kappa shape index (κ1) is 20.4. The average Bonchev–Trinajstić information content (AvgIpc) is 3.22. The van der Waals surface area contributed by atoms with Crippen LogP contribution in [-0.4, -0.2) is 49.1 Å². The molecule has 10 heteroatoms. The van der Waals surface area contributed by atoms with Gasteiger partial charge in [-0.1, -0.05) is 18.2 Å². The van der Waals surface area contributed by atoms with Gasteiger partial charge in [-0.15, -0.1) is 11.8 Å². The third-order valence-electron chi connectivity index (χ3n) is 5.58. The molecule has 2 aliphatic rings. The Bertz CT molecular complexity index is 1110. The van der Waals surface area contributed by atoms with Crippen LogP contribution in [-0.2, 0) is 9.59 Å². The molecule has 0 spiro atoms. The van der Waals surface area contributed by atoms with Crippen molar-refractivity contribution in [3.63, 3.8) is 0 Å². The normalized spacial score (nSPS) is 23.1. The number of nitrogens with one attached hydrogen (secondary N) is 2. The van der Waals surface area contributed by atoms with Gasteiger partial charge in [0.1, 0.15) is 6.04 Å². The molecule has 2 fully saturated rings. The highest BCUT2D eigenvalue weighted by molar-refractivity contribution is 8.01. The lowest BCUT2D eigenvalue weighted by Gasteiger charge is -2.29. The fourth-order valence-corrected chi connectivity index (χ4v) is 5.43. The Labute approximate surface area is 177 Å². The molecule has 2 aromatic rings. The average molecular weight is 430 g/mol. The van der Waals surface area contributed by atoms with Crippen LogP contribution < -0.4 is 16.4 Å². The molecule has 2 unspecified atom stereocenters. The third-order valence-corrected chi connectivity index (χ3v) is 7.08. The van der Waals surface area contributed by atoms with E-state index in [1.807, 2.05) is 6.92 Å². The lowest BCUT2D eigenvalue weighted by atomic mass is 10.1. The Morgan fingerprint density at radius 2 is 1.90 bits per heavy atom. The highest BCUT2D eigenvalue weighted by atomic mass is 32.2. The van der Waals surface area contributed by atoms with Crippen LogP contribution >= 0.6 is 11.8 Å². The number of hydrogen-bond donors (Lipinski definition) is 2. The minimum absolute atomic E-state index is 0.0436. The molecule has 2 saturated heterocycles. The van der Waals surface area contributed by atoms with Gasteiger partial charge in [-0.25, -0.2) is 4.68 Å². The van der Waals surface area contributed by atoms with Crippen molar-refractivity contribution in [2.45, 2.75) is 50.6 Å². The van der Waals surface area contributed by atoms with Gasteiger partial charge in [0.2, 0.25) is 5.91 Å². The maximum absolute atomic E-state index is 12.8. The Kier molecular flexibility index (Phi) is 5.05. The number of aromatic nitrogens is 2. The fraction of sp³-hybridized carbons (Fsp3) is 0.450. The molecule has 0 radical (unpaired) electrons. The SMILES string of the molecule is CC(C)n1nc(C(=O)NNC(=O)C2CSC3(C)CCC(=O)N23)c2ccccc2c1=O. The summed E-state index contributed by atoms with van der Waals surface area (Å²) in [6.45, 7) is 5.56. The van der Waals surface area contributed by atoms with E-state index in [0.29, 0.717) is 29.4 Å². The standard InChI is InChI=1S/C20H23N5O4S/c1-11(2)25-19(29)13-7-5-4-6-12(13)16(23-25)18(28)22-21-17(27)14-10-30-20(3)9-8-15(26)24(14)20/h4-7,11,14H,8-10H2,1-3H3,(H,21,27)(H,22,28). The zero-order valence-corrected chi connectivity index (χ0v) is 17.8. The van der Waals surface area contributed by atoms with Crippen molar-refractivity contribution in [1.29, 1.82) is 0 Å². The van der Waals surface area contributed by atoms with Crippen LogP contribution in [0.2, 0.25) is 0 Å². The van der Waals surface area contributed by atoms with Gasteiger partial charge in [0, 0.05) is 17.6 Å². The van der Waals surface area contributed by atoms with Gasteiger partial charge in [-0.3, -0.25) is 30.0 Å². The maximum atomic E-state index is 12.8. The van der Waals surface area contributed by atoms with E-state index in [9.17, 15) is 19.2 Å². The molecule has 3 amide bonds. The van der Waals surface area contributed by atoms with Gasteiger partial charge in [-0.05, 0) is 33.3 Å². The summed E-state index contributed by atoms with van der Waals surface area (Å²) in [5, 5.41) is 5.01. The molecular formula is C20H23N5O4S. The summed E-state index contributed by atoms with van der Waals surface area (Å²) in [6.07, 6.45) is 1.13. The molecule has 1 aromatic carbocycles. The topological polar surface area (TPSA) is 113 Å². The lowest BCUT2D eigenvalue weighted by Crippen LogP contribution is -2.54. The Hall–Kier alpha value is -2.88. The van der Waals surface area contributed by atoms with Crippen LogP contribution in [0.15, 0.2) is 29.1 Å². The molecular weight excluding hydrogens is 406 g/mol. The third kappa shape index (κ3) is 3.24. The molecule has 2 atom stereocenters. The first-order valence-electron chi connectivity index (χ1n) is 9.81. The van der Waals surface area contributed by atoms with Gasteiger partial charge in [0.05, 0.1) is 16.3 Å². The number of fused-ring (bicyclic) bond motifs is 2. The number of thioether (sulfide) groups is 1. The Morgan fingerprint density at radius 1 is 1.20 bits per heavy atom. The number of benzene rings is 1. The van der Waals surface area contributed by atoms with Crippen molar-refractivity contribution in [2.75, 3.05) is 5.75 Å². The molecule has 2 aliphatic heterocycles. The van der Waals surface area contributed by atoms with Crippen molar-refractivity contribution >= 4 is 40.3 Å². The van der Waals surface area contributed by atoms with E-state index >= 15 is 0 Å². The lowest BCUT2D eigenvalue weighted by molar-refractivity contribution is -0.138. The van der Waals surface area contributed by atoms with Crippen molar-refractivity contribution in [3.8, 4) is 0 Å². The summed E-state index contributed by atoms with van der Waals surface area (Å²) in [7, 11) is 0. The van der Waals surface area contributed by atoms with Gasteiger partial charge in [-0.2, -0.15) is 5.10 Å². The molecule has 30 heavy (non-hydrogen) atoms. The summed E-state index contributed by atoms with van der Waals surface area (Å²) >= 11 is 1.58. The van der Waals surface area contributed by atoms with E-state index in [4.69, 9.17) is 0 Å². The number of hydrogen-bond acceptors (Lipinski definition) is 6. The molecule has 0 bridgehead atoms. The highest BCUT2D eigenvalue weighted by Crippen LogP contribution is 2.47. The van der Waals surface area contributed by atoms with Crippen LogP contribution in [0, 0.1) is 0 Å². The fourth-order valence-electron chi connectivity index (χ4n) is 4.00. The maximum Gasteiger partial charge on any atom is 0.290 e. The molecule has 0 saturated carbocycles. The zero-order valence-electron chi connectivity index (χ0n) is 17.0. The predicted molar refractivity (Wildman–Crippen MR) is 113 cm³/mol. The first-order valence-corrected chi connectivity index (χ1v) is 10.8. The van der Waals surface area contributed by atoms with Crippen molar-refractivity contribution in [3.05, 3.63) is 40.3 Å². The van der Waals surface area contributed by atoms with E-state index in [2.05, 4.69) is 16.0 Å². The highest BCUT2D eigenvalue weighted by Gasteiger charge is 2.52. The van der Waals surface area contributed by atoms with Crippen molar-refractivity contribution < 1.29 is 14.4 Å². The molecule has 2 N–H and O–H groups in total. The smallest absolute Gasteiger partial charge is 0.290 e. The molecule has 9 nitrogen and oxygen atoms in total. The van der Waals surface area contributed by atoms with E-state index in [1.54, 1.807) is 54.8 Å². The van der Waals surface area contributed by atoms with Crippen LogP contribution in [0.3, 0.4) is 0 Å². The van der Waals surface area contributed by atoms with Crippen molar-refractivity contribution in [1.82, 2.24) is 25.5 Å². The largest absolute Gasteiger partial charge is 0.315 e. The summed E-state index contributed by atoms with van der Waals surface area (Å²) in [5.74, 6) is -0.652. The molecule has 0 aliphatic carbocycles. The molecule has 158 valence electrons. The van der Waals surface area contributed by atoms with E-state index < -0.39 is 17.9 Å². The minimum Gasteiger partial charge on any atom is -0.315 e. The van der Waals surface area contributed by atoms with E-state index in [0.717, 1.165) is 0 Å². The van der Waals surface area contributed by atoms with Gasteiger partial charge in [0.15, 0.2) is 5.69 Å². The zero-order chi connectivity index (χ0) is 21.6. The Balaban J connectivity index is 1.56. The van der Waals surface area contributed by atoms with Gasteiger partial charge < -0.3 is 4.90 Å². The summed E-state index contributed by atoms with van der Waals surface area (Å²) in [4.78, 5) is 51.6. The number of amides is 3. The second-order valence-corrected chi connectivity index (χ2v) is 9.45. The summed E-state index contributed by atoms with van der Waals surface area (Å²) < 4.78 is 1.25. The van der Waals surface area contributed by atoms with Crippen molar-refractivity contribution in [2.24, 2.45) is 0 Å². The number of hydrazine groups is 1. The van der Waals surface area contributed by atoms with Crippen LogP contribution in [0.5, 0.6) is 0 Å². The first-order chi connectivity index (χ1) is 14.2. The minimum atomic E-state index is -0.635. The second-order valence-electron chi connectivity index (χ2n) is 7.95. The second kappa shape index (κ2) is 7.42. The number of carbonyl (C=O) groups excluding carboxylic acids is 3. The molecule has 1 aromatic heterocycles. The number of rotatable bonds is 3. The van der Waals surface area contributed by atoms with Gasteiger partial charge in [0.25, 0.3) is 17.4 Å². The quantitative estimate of drug-likeness (QED) is 0.709. The Morgan fingerprint density at radius 3 is 2.60 bits per heavy atom. The van der Waals surface area contributed by atoms with Crippen LogP contribution in [0.25, 0.3) is 10.8 Å². The predicted octanol–water partition coefficient (Wildman–Crippen LogP) is 1.19. The van der Waals surface area contributed by atoms with Gasteiger partial charge >= 0.3 is 0 Å².